The summed E-state index contributed by atoms with van der Waals surface area (Å²) in [5.74, 6) is -0.348. The summed E-state index contributed by atoms with van der Waals surface area (Å²) >= 11 is 0. The molecule has 13 nitrogen and oxygen atoms in total. The Morgan fingerprint density at radius 1 is 0.884 bits per heavy atom. The van der Waals surface area contributed by atoms with Crippen molar-refractivity contribution < 1.29 is 33.7 Å². The number of urea groups is 1. The Hall–Kier alpha value is -2.81. The highest BCUT2D eigenvalue weighted by molar-refractivity contribution is 5.88. The number of rotatable bonds is 16. The molecule has 2 bridgehead atoms. The number of nitrogens with one attached hydrogen (secondary N) is 4. The van der Waals surface area contributed by atoms with E-state index in [4.69, 9.17) is 19.4 Å². The van der Waals surface area contributed by atoms with Crippen LogP contribution in [0.3, 0.4) is 0 Å². The number of hydrogen-bond acceptors (Lipinski definition) is 9. The molecule has 4 amide bonds. The number of hydroxylamine groups is 5. The third kappa shape index (κ3) is 11.3. The average Bonchev–Trinajstić information content (AvgIpc) is 3.27. The van der Waals surface area contributed by atoms with Crippen molar-refractivity contribution in [1.82, 2.24) is 31.7 Å². The molecule has 43 heavy (non-hydrogen) atoms. The van der Waals surface area contributed by atoms with Crippen molar-refractivity contribution in [2.24, 2.45) is 0 Å². The van der Waals surface area contributed by atoms with E-state index in [1.54, 1.807) is 4.90 Å². The second kappa shape index (κ2) is 19.5. The van der Waals surface area contributed by atoms with Crippen LogP contribution < -0.4 is 21.8 Å². The van der Waals surface area contributed by atoms with E-state index in [0.717, 1.165) is 63.7 Å². The lowest BCUT2D eigenvalue weighted by Crippen LogP contribution is -2.53. The van der Waals surface area contributed by atoms with Gasteiger partial charge in [0.15, 0.2) is 0 Å². The summed E-state index contributed by atoms with van der Waals surface area (Å²) in [6.45, 7) is 9.43. The van der Waals surface area contributed by atoms with Crippen molar-refractivity contribution in [3.8, 4) is 0 Å². The summed E-state index contributed by atoms with van der Waals surface area (Å²) in [6.07, 6.45) is 6.96. The molecular formula is C30H50N6O7. The van der Waals surface area contributed by atoms with Crippen LogP contribution in [0, 0.1) is 0 Å². The van der Waals surface area contributed by atoms with Crippen LogP contribution in [-0.2, 0) is 35.5 Å². The summed E-state index contributed by atoms with van der Waals surface area (Å²) in [7, 11) is 0. The number of carbonyl (C=O) groups excluding carboxylic acids is 3. The third-order valence-electron chi connectivity index (χ3n) is 7.38. The Labute approximate surface area is 255 Å². The topological polar surface area (TPSA) is 143 Å². The van der Waals surface area contributed by atoms with Gasteiger partial charge >= 0.3 is 6.03 Å². The Morgan fingerprint density at radius 2 is 1.60 bits per heavy atom. The van der Waals surface area contributed by atoms with Crippen molar-refractivity contribution in [2.75, 3.05) is 32.9 Å². The molecule has 1 aromatic rings. The van der Waals surface area contributed by atoms with E-state index in [9.17, 15) is 14.4 Å². The highest BCUT2D eigenvalue weighted by Crippen LogP contribution is 2.30. The lowest BCUT2D eigenvalue weighted by atomic mass is 10.0. The fraction of sp³-hybridized carbons (Fsp3) is 0.700. The first kappa shape index (κ1) is 34.7. The molecule has 0 unspecified atom stereocenters. The minimum atomic E-state index is -0.490. The van der Waals surface area contributed by atoms with Crippen LogP contribution in [0.2, 0.25) is 0 Å². The van der Waals surface area contributed by atoms with E-state index in [1.165, 1.54) is 5.06 Å². The van der Waals surface area contributed by atoms with Gasteiger partial charge in [-0.2, -0.15) is 10.5 Å². The van der Waals surface area contributed by atoms with Gasteiger partial charge in [-0.15, -0.1) is 0 Å². The number of carbonyl (C=O) groups is 3. The molecule has 0 aliphatic carbocycles. The van der Waals surface area contributed by atoms with Crippen LogP contribution in [0.1, 0.15) is 77.7 Å². The zero-order valence-corrected chi connectivity index (χ0v) is 25.8. The summed E-state index contributed by atoms with van der Waals surface area (Å²) < 4.78 is 0. The molecule has 3 saturated heterocycles. The first-order chi connectivity index (χ1) is 21.0. The average molecular weight is 607 g/mol. The molecule has 4 rings (SSSR count). The van der Waals surface area contributed by atoms with Gasteiger partial charge in [0.1, 0.15) is 12.6 Å². The van der Waals surface area contributed by atoms with Gasteiger partial charge in [-0.25, -0.2) is 15.8 Å². The molecule has 3 fully saturated rings. The van der Waals surface area contributed by atoms with Crippen molar-refractivity contribution in [3.05, 3.63) is 35.9 Å². The van der Waals surface area contributed by atoms with Crippen molar-refractivity contribution in [3.63, 3.8) is 0 Å². The van der Waals surface area contributed by atoms with Crippen LogP contribution in [0.5, 0.6) is 0 Å². The van der Waals surface area contributed by atoms with E-state index < -0.39 is 6.04 Å². The van der Waals surface area contributed by atoms with Crippen LogP contribution >= 0.6 is 0 Å². The van der Waals surface area contributed by atoms with Crippen molar-refractivity contribution >= 4 is 17.8 Å². The van der Waals surface area contributed by atoms with Gasteiger partial charge in [-0.3, -0.25) is 24.1 Å². The number of hydrogen-bond donors (Lipinski definition) is 4. The highest BCUT2D eigenvalue weighted by Gasteiger charge is 2.48. The highest BCUT2D eigenvalue weighted by atomic mass is 16.7. The standard InChI is InChI=1S/C17H23N3O4.C13H27N3O3/c1-2-10-23-18-16(21)15-9-8-14-11-19(15)17(22)20(14)24-12-13-6-4-3-5-7-13;1-3-5-9-19-15-11-6-7-12(14-10-11)13(17)16-18-8-4-2/h3-7,14-15H,2,8-12H2,1H3,(H,18,21);11-12,14-15H,3-10H2,1-2H3,(H,16,17)/t14-,15+;11-,12+/m11/s1. The smallest absolute Gasteiger partial charge is 0.309 e. The summed E-state index contributed by atoms with van der Waals surface area (Å²) in [4.78, 5) is 59.3. The molecule has 0 aromatic heterocycles. The second-order valence-corrected chi connectivity index (χ2v) is 11.0. The maximum absolute atomic E-state index is 12.6. The molecule has 3 heterocycles. The molecule has 3 aliphatic rings. The van der Waals surface area contributed by atoms with Gasteiger partial charge in [0.2, 0.25) is 0 Å². The van der Waals surface area contributed by atoms with Gasteiger partial charge in [0.05, 0.1) is 31.9 Å². The third-order valence-corrected chi connectivity index (χ3v) is 7.38. The summed E-state index contributed by atoms with van der Waals surface area (Å²) in [5, 5.41) is 4.63. The molecule has 4 N–H and O–H groups in total. The Balaban J connectivity index is 0.000000243. The Morgan fingerprint density at radius 3 is 2.26 bits per heavy atom. The second-order valence-electron chi connectivity index (χ2n) is 11.0. The van der Waals surface area contributed by atoms with Gasteiger partial charge in [-0.05, 0) is 50.5 Å². The molecular weight excluding hydrogens is 556 g/mol. The van der Waals surface area contributed by atoms with Gasteiger partial charge < -0.3 is 15.1 Å². The molecule has 242 valence electrons. The lowest BCUT2D eigenvalue weighted by Gasteiger charge is -2.29. The van der Waals surface area contributed by atoms with Crippen LogP contribution in [-0.4, -0.2) is 84.9 Å². The number of amides is 4. The Kier molecular flexibility index (Phi) is 15.7. The van der Waals surface area contributed by atoms with E-state index in [-0.39, 0.29) is 36.0 Å². The SMILES string of the molecule is CCCCON[C@@H]1CC[C@@H](C(=O)NOCCC)NC1.CCCONC(=O)[C@@H]1CC[C@@H]2CN1C(=O)N2OCc1ccccc1. The van der Waals surface area contributed by atoms with Crippen molar-refractivity contribution in [2.45, 2.75) is 103 Å². The minimum absolute atomic E-state index is 0.00169. The first-order valence-electron chi connectivity index (χ1n) is 15.7. The van der Waals surface area contributed by atoms with Crippen LogP contribution in [0.4, 0.5) is 4.79 Å². The quantitative estimate of drug-likeness (QED) is 0.165. The largest absolute Gasteiger partial charge is 0.345 e. The van der Waals surface area contributed by atoms with Crippen LogP contribution in [0.15, 0.2) is 30.3 Å². The minimum Gasteiger partial charge on any atom is -0.309 e. The maximum atomic E-state index is 12.6. The predicted octanol–water partition coefficient (Wildman–Crippen LogP) is 2.73. The van der Waals surface area contributed by atoms with Gasteiger partial charge in [0.25, 0.3) is 11.8 Å². The number of benzene rings is 1. The Bertz CT molecular complexity index is 964. The maximum Gasteiger partial charge on any atom is 0.345 e. The fourth-order valence-electron chi connectivity index (χ4n) is 4.95. The van der Waals surface area contributed by atoms with E-state index in [1.807, 2.05) is 44.2 Å². The monoisotopic (exact) mass is 606 g/mol. The van der Waals surface area contributed by atoms with Gasteiger partial charge in [-0.1, -0.05) is 57.5 Å². The van der Waals surface area contributed by atoms with E-state index in [2.05, 4.69) is 28.7 Å². The molecule has 13 heteroatoms. The van der Waals surface area contributed by atoms with Crippen molar-refractivity contribution in [1.29, 1.82) is 0 Å². The molecule has 1 aromatic carbocycles. The van der Waals surface area contributed by atoms with Crippen LogP contribution in [0.25, 0.3) is 0 Å². The summed E-state index contributed by atoms with van der Waals surface area (Å²) in [5.41, 5.74) is 8.96. The zero-order valence-electron chi connectivity index (χ0n) is 25.8. The zero-order chi connectivity index (χ0) is 30.9. The number of unbranched alkanes of at least 4 members (excludes halogenated alkanes) is 1. The molecule has 3 aliphatic heterocycles. The normalized spacial score (nSPS) is 23.0. The fourth-order valence-corrected chi connectivity index (χ4v) is 4.95. The van der Waals surface area contributed by atoms with E-state index >= 15 is 0 Å². The molecule has 0 radical (unpaired) electrons. The lowest BCUT2D eigenvalue weighted by molar-refractivity contribution is -0.141. The van der Waals surface area contributed by atoms with Gasteiger partial charge in [0, 0.05) is 19.1 Å². The number of fused-ring (bicyclic) bond motifs is 2. The molecule has 4 atom stereocenters. The molecule has 0 spiro atoms. The number of nitrogens with zero attached hydrogens (tertiary/aromatic N) is 2. The summed E-state index contributed by atoms with van der Waals surface area (Å²) in [6, 6.07) is 9.09. The first-order valence-corrected chi connectivity index (χ1v) is 15.7. The predicted molar refractivity (Wildman–Crippen MR) is 160 cm³/mol. The number of piperidine rings is 2. The van der Waals surface area contributed by atoms with E-state index in [0.29, 0.717) is 32.8 Å². The molecule has 0 saturated carbocycles.